The van der Waals surface area contributed by atoms with Crippen molar-refractivity contribution < 1.29 is 9.18 Å². The van der Waals surface area contributed by atoms with Crippen molar-refractivity contribution in [1.82, 2.24) is 0 Å². The van der Waals surface area contributed by atoms with E-state index in [1.807, 2.05) is 0 Å². The number of carbonyl (C=O) groups excluding carboxylic acids is 1. The molecular weight excluding hydrogens is 291 g/mol. The summed E-state index contributed by atoms with van der Waals surface area (Å²) in [6, 6.07) is 11.3. The molecule has 0 aliphatic heterocycles. The highest BCUT2D eigenvalue weighted by atomic mass is 35.5. The smallest absolute Gasteiger partial charge is 0.234 e. The average Bonchev–Trinajstić information content (AvgIpc) is 2.43. The summed E-state index contributed by atoms with van der Waals surface area (Å²) in [4.78, 5) is 12.5. The first-order valence-corrected chi connectivity index (χ1v) is 6.81. The van der Waals surface area contributed by atoms with Crippen molar-refractivity contribution in [2.24, 2.45) is 0 Å². The van der Waals surface area contributed by atoms with Crippen LogP contribution in [0.2, 0.25) is 5.02 Å². The van der Waals surface area contributed by atoms with Gasteiger partial charge in [0.2, 0.25) is 5.91 Å². The molecule has 0 fully saturated rings. The third-order valence-electron chi connectivity index (χ3n) is 3.40. The Morgan fingerprint density at radius 1 is 1.19 bits per heavy atom. The van der Waals surface area contributed by atoms with Crippen LogP contribution in [-0.4, -0.2) is 5.91 Å². The van der Waals surface area contributed by atoms with Crippen molar-refractivity contribution in [2.75, 3.05) is 11.1 Å². The summed E-state index contributed by atoms with van der Waals surface area (Å²) in [5.41, 5.74) is 6.18. The molecule has 3 N–H and O–H groups in total. The van der Waals surface area contributed by atoms with Crippen molar-refractivity contribution in [3.63, 3.8) is 0 Å². The number of nitrogens with one attached hydrogen (secondary N) is 1. The van der Waals surface area contributed by atoms with Gasteiger partial charge >= 0.3 is 0 Å². The van der Waals surface area contributed by atoms with Gasteiger partial charge in [0.05, 0.1) is 16.1 Å². The maximum absolute atomic E-state index is 13.7. The van der Waals surface area contributed by atoms with Gasteiger partial charge in [-0.15, -0.1) is 0 Å². The fourth-order valence-corrected chi connectivity index (χ4v) is 2.13. The van der Waals surface area contributed by atoms with Crippen LogP contribution in [0.1, 0.15) is 19.4 Å². The molecule has 0 aliphatic carbocycles. The lowest BCUT2D eigenvalue weighted by atomic mass is 9.83. The highest BCUT2D eigenvalue weighted by Gasteiger charge is 2.30. The number of anilines is 2. The second-order valence-corrected chi connectivity index (χ2v) is 5.70. The van der Waals surface area contributed by atoms with Gasteiger partial charge in [-0.25, -0.2) is 4.39 Å². The van der Waals surface area contributed by atoms with Gasteiger partial charge < -0.3 is 11.1 Å². The van der Waals surface area contributed by atoms with Gasteiger partial charge in [-0.3, -0.25) is 4.79 Å². The molecule has 5 heteroatoms. The van der Waals surface area contributed by atoms with Crippen molar-refractivity contribution in [3.05, 3.63) is 58.9 Å². The number of hydrogen-bond acceptors (Lipinski definition) is 2. The molecule has 0 aliphatic rings. The average molecular weight is 307 g/mol. The second-order valence-electron chi connectivity index (χ2n) is 5.30. The minimum Gasteiger partial charge on any atom is -0.399 e. The number of benzene rings is 2. The number of nitrogens with two attached hydrogens (primary N) is 1. The van der Waals surface area contributed by atoms with Crippen LogP contribution in [0.5, 0.6) is 0 Å². The summed E-state index contributed by atoms with van der Waals surface area (Å²) in [6.07, 6.45) is 0. The molecule has 3 nitrogen and oxygen atoms in total. The van der Waals surface area contributed by atoms with Crippen molar-refractivity contribution in [2.45, 2.75) is 19.3 Å². The van der Waals surface area contributed by atoms with E-state index in [0.717, 1.165) is 5.56 Å². The fourth-order valence-electron chi connectivity index (χ4n) is 1.92. The van der Waals surface area contributed by atoms with Crippen LogP contribution in [0.4, 0.5) is 15.8 Å². The van der Waals surface area contributed by atoms with E-state index in [9.17, 15) is 9.18 Å². The van der Waals surface area contributed by atoms with Gasteiger partial charge in [-0.05, 0) is 43.7 Å². The number of amides is 1. The molecule has 0 unspecified atom stereocenters. The van der Waals surface area contributed by atoms with Crippen molar-refractivity contribution in [3.8, 4) is 0 Å². The van der Waals surface area contributed by atoms with Crippen LogP contribution in [0.25, 0.3) is 0 Å². The largest absolute Gasteiger partial charge is 0.399 e. The highest BCUT2D eigenvalue weighted by Crippen LogP contribution is 2.29. The number of carbonyl (C=O) groups is 1. The zero-order valence-corrected chi connectivity index (χ0v) is 12.5. The van der Waals surface area contributed by atoms with Gasteiger partial charge in [-0.1, -0.05) is 29.8 Å². The number of nitrogen functional groups attached to an aromatic ring is 1. The van der Waals surface area contributed by atoms with Crippen LogP contribution in [-0.2, 0) is 10.2 Å². The van der Waals surface area contributed by atoms with E-state index < -0.39 is 11.2 Å². The molecule has 110 valence electrons. The van der Waals surface area contributed by atoms with Crippen molar-refractivity contribution in [1.29, 1.82) is 0 Å². The van der Waals surface area contributed by atoms with E-state index in [4.69, 9.17) is 17.3 Å². The lowest BCUT2D eigenvalue weighted by Crippen LogP contribution is -2.35. The van der Waals surface area contributed by atoms with Crippen molar-refractivity contribution >= 4 is 28.9 Å². The second kappa shape index (κ2) is 5.74. The van der Waals surface area contributed by atoms with Crippen LogP contribution < -0.4 is 11.1 Å². The van der Waals surface area contributed by atoms with Gasteiger partial charge in [0, 0.05) is 5.69 Å². The predicted octanol–water partition coefficient (Wildman–Crippen LogP) is 3.98. The predicted molar refractivity (Wildman–Crippen MR) is 83.9 cm³/mol. The first-order valence-electron chi connectivity index (χ1n) is 6.44. The summed E-state index contributed by atoms with van der Waals surface area (Å²) >= 11 is 5.92. The molecule has 0 aromatic heterocycles. The minimum absolute atomic E-state index is 0.00677. The molecule has 0 heterocycles. The molecule has 0 saturated heterocycles. The van der Waals surface area contributed by atoms with Crippen LogP contribution >= 0.6 is 11.6 Å². The molecule has 0 atom stereocenters. The molecule has 21 heavy (non-hydrogen) atoms. The van der Waals surface area contributed by atoms with E-state index in [2.05, 4.69) is 5.32 Å². The molecule has 2 rings (SSSR count). The summed E-state index contributed by atoms with van der Waals surface area (Å²) in [5, 5.41) is 2.72. The molecule has 0 radical (unpaired) electrons. The van der Waals surface area contributed by atoms with Gasteiger partial charge in [0.1, 0.15) is 5.82 Å². The normalized spacial score (nSPS) is 11.2. The van der Waals surface area contributed by atoms with E-state index in [1.54, 1.807) is 38.1 Å². The first kappa shape index (κ1) is 15.3. The Bertz CT molecular complexity index is 648. The SMILES string of the molecule is CC(C)(C(=O)Nc1c(F)cccc1Cl)c1ccc(N)cc1. The Kier molecular flexibility index (Phi) is 4.19. The molecular formula is C16H16ClFN2O. The topological polar surface area (TPSA) is 55.1 Å². The van der Waals surface area contributed by atoms with Crippen LogP contribution in [0, 0.1) is 5.82 Å². The number of halogens is 2. The Hall–Kier alpha value is -2.07. The Labute approximate surface area is 127 Å². The summed E-state index contributed by atoms with van der Waals surface area (Å²) in [6.45, 7) is 3.51. The fraction of sp³-hybridized carbons (Fsp3) is 0.188. The third kappa shape index (κ3) is 3.16. The lowest BCUT2D eigenvalue weighted by Gasteiger charge is -2.24. The Balaban J connectivity index is 2.28. The number of hydrogen-bond donors (Lipinski definition) is 2. The maximum Gasteiger partial charge on any atom is 0.234 e. The number of para-hydroxylation sites is 1. The first-order chi connectivity index (χ1) is 9.82. The van der Waals surface area contributed by atoms with Gasteiger partial charge in [0.15, 0.2) is 0 Å². The van der Waals surface area contributed by atoms with Crippen LogP contribution in [0.15, 0.2) is 42.5 Å². The Morgan fingerprint density at radius 2 is 1.81 bits per heavy atom. The quantitative estimate of drug-likeness (QED) is 0.843. The highest BCUT2D eigenvalue weighted by molar-refractivity contribution is 6.33. The molecule has 2 aromatic rings. The summed E-state index contributed by atoms with van der Waals surface area (Å²) < 4.78 is 13.7. The zero-order valence-electron chi connectivity index (χ0n) is 11.8. The van der Waals surface area contributed by atoms with E-state index in [0.29, 0.717) is 5.69 Å². The third-order valence-corrected chi connectivity index (χ3v) is 3.72. The number of rotatable bonds is 3. The van der Waals surface area contributed by atoms with Gasteiger partial charge in [-0.2, -0.15) is 0 Å². The molecule has 0 spiro atoms. The van der Waals surface area contributed by atoms with Gasteiger partial charge in [0.25, 0.3) is 0 Å². The van der Waals surface area contributed by atoms with E-state index >= 15 is 0 Å². The maximum atomic E-state index is 13.7. The lowest BCUT2D eigenvalue weighted by molar-refractivity contribution is -0.120. The monoisotopic (exact) mass is 306 g/mol. The Morgan fingerprint density at radius 3 is 2.38 bits per heavy atom. The standard InChI is InChI=1S/C16H16ClFN2O/c1-16(2,10-6-8-11(19)9-7-10)15(21)20-14-12(17)4-3-5-13(14)18/h3-9H,19H2,1-2H3,(H,20,21). The summed E-state index contributed by atoms with van der Waals surface area (Å²) in [5.74, 6) is -0.914. The minimum atomic E-state index is -0.848. The molecule has 2 aromatic carbocycles. The molecule has 0 saturated carbocycles. The summed E-state index contributed by atoms with van der Waals surface area (Å²) in [7, 11) is 0. The van der Waals surface area contributed by atoms with E-state index in [-0.39, 0.29) is 16.6 Å². The molecule has 1 amide bonds. The van der Waals surface area contributed by atoms with Crippen LogP contribution in [0.3, 0.4) is 0 Å². The molecule has 0 bridgehead atoms. The zero-order chi connectivity index (χ0) is 15.6. The van der Waals surface area contributed by atoms with E-state index in [1.165, 1.54) is 18.2 Å².